The van der Waals surface area contributed by atoms with Crippen molar-refractivity contribution < 1.29 is 9.59 Å². The van der Waals surface area contributed by atoms with Crippen LogP contribution in [0.3, 0.4) is 0 Å². The molecule has 0 spiro atoms. The summed E-state index contributed by atoms with van der Waals surface area (Å²) in [7, 11) is 0. The predicted octanol–water partition coefficient (Wildman–Crippen LogP) is 2.40. The molecule has 1 aromatic carbocycles. The number of carbonyl (C=O) groups excluding carboxylic acids is 2. The fourth-order valence-corrected chi connectivity index (χ4v) is 1.85. The van der Waals surface area contributed by atoms with Gasteiger partial charge in [0, 0.05) is 12.6 Å². The highest BCUT2D eigenvalue weighted by Gasteiger charge is 2.23. The van der Waals surface area contributed by atoms with Gasteiger partial charge in [-0.2, -0.15) is 0 Å². The summed E-state index contributed by atoms with van der Waals surface area (Å²) in [4.78, 5) is 23.4. The molecule has 0 saturated carbocycles. The highest BCUT2D eigenvalue weighted by Crippen LogP contribution is 2.18. The van der Waals surface area contributed by atoms with Crippen LogP contribution in [0, 0.1) is 19.8 Å². The molecule has 19 heavy (non-hydrogen) atoms. The van der Waals surface area contributed by atoms with Gasteiger partial charge in [0.25, 0.3) is 0 Å². The minimum absolute atomic E-state index is 0.0361. The molecule has 0 aliphatic carbocycles. The number of hydrogen-bond donors (Lipinski definition) is 2. The van der Waals surface area contributed by atoms with Crippen molar-refractivity contribution in [2.24, 2.45) is 5.92 Å². The molecule has 0 saturated heterocycles. The Labute approximate surface area is 114 Å². The van der Waals surface area contributed by atoms with E-state index in [2.05, 4.69) is 10.6 Å². The number of hydrogen-bond acceptors (Lipinski definition) is 2. The summed E-state index contributed by atoms with van der Waals surface area (Å²) in [5.41, 5.74) is 2.96. The lowest BCUT2D eigenvalue weighted by Crippen LogP contribution is -2.46. The average molecular weight is 262 g/mol. The zero-order valence-corrected chi connectivity index (χ0v) is 12.2. The van der Waals surface area contributed by atoms with Crippen LogP contribution in [0.2, 0.25) is 0 Å². The molecule has 0 bridgehead atoms. The Hall–Kier alpha value is -1.84. The molecule has 1 aromatic rings. The van der Waals surface area contributed by atoms with Crippen molar-refractivity contribution in [1.82, 2.24) is 5.32 Å². The monoisotopic (exact) mass is 262 g/mol. The highest BCUT2D eigenvalue weighted by atomic mass is 16.2. The Morgan fingerprint density at radius 1 is 1.16 bits per heavy atom. The van der Waals surface area contributed by atoms with Crippen molar-refractivity contribution in [3.63, 3.8) is 0 Å². The van der Waals surface area contributed by atoms with E-state index in [9.17, 15) is 9.59 Å². The number of benzene rings is 1. The van der Waals surface area contributed by atoms with Gasteiger partial charge in [-0.25, -0.2) is 0 Å². The van der Waals surface area contributed by atoms with E-state index in [-0.39, 0.29) is 17.7 Å². The molecule has 0 heterocycles. The van der Waals surface area contributed by atoms with E-state index in [1.807, 2.05) is 45.9 Å². The maximum atomic E-state index is 12.2. The molecule has 2 N–H and O–H groups in total. The van der Waals surface area contributed by atoms with Gasteiger partial charge in [-0.05, 0) is 37.0 Å². The second kappa shape index (κ2) is 6.36. The highest BCUT2D eigenvalue weighted by molar-refractivity contribution is 5.97. The van der Waals surface area contributed by atoms with Crippen LogP contribution >= 0.6 is 0 Å². The minimum atomic E-state index is -0.516. The maximum absolute atomic E-state index is 12.2. The molecule has 1 rings (SSSR count). The summed E-state index contributed by atoms with van der Waals surface area (Å²) < 4.78 is 0. The van der Waals surface area contributed by atoms with Gasteiger partial charge in [-0.3, -0.25) is 9.59 Å². The number of rotatable bonds is 4. The quantitative estimate of drug-likeness (QED) is 0.875. The zero-order chi connectivity index (χ0) is 14.6. The summed E-state index contributed by atoms with van der Waals surface area (Å²) in [6, 6.07) is 5.25. The first-order chi connectivity index (χ1) is 8.82. The van der Waals surface area contributed by atoms with Crippen molar-refractivity contribution in [3.8, 4) is 0 Å². The van der Waals surface area contributed by atoms with E-state index in [4.69, 9.17) is 0 Å². The molecule has 0 radical (unpaired) electrons. The molecule has 104 valence electrons. The van der Waals surface area contributed by atoms with E-state index in [0.717, 1.165) is 16.8 Å². The van der Waals surface area contributed by atoms with Gasteiger partial charge in [0.05, 0.1) is 0 Å². The molecule has 4 heteroatoms. The molecular weight excluding hydrogens is 240 g/mol. The fourth-order valence-electron chi connectivity index (χ4n) is 1.85. The van der Waals surface area contributed by atoms with Crippen LogP contribution in [-0.4, -0.2) is 17.9 Å². The summed E-state index contributed by atoms with van der Waals surface area (Å²) in [5.74, 6) is -0.345. The van der Waals surface area contributed by atoms with Crippen molar-refractivity contribution >= 4 is 17.5 Å². The normalized spacial score (nSPS) is 12.1. The third kappa shape index (κ3) is 4.09. The van der Waals surface area contributed by atoms with Gasteiger partial charge in [0.15, 0.2) is 0 Å². The molecule has 2 amide bonds. The van der Waals surface area contributed by atoms with Gasteiger partial charge in [0.2, 0.25) is 11.8 Å². The van der Waals surface area contributed by atoms with Crippen LogP contribution in [0.4, 0.5) is 5.69 Å². The van der Waals surface area contributed by atoms with Crippen molar-refractivity contribution in [2.75, 3.05) is 5.32 Å². The second-order valence-electron chi connectivity index (χ2n) is 5.16. The van der Waals surface area contributed by atoms with Crippen molar-refractivity contribution in [3.05, 3.63) is 29.3 Å². The maximum Gasteiger partial charge on any atom is 0.247 e. The SMILES string of the molecule is CC(=O)NC(C(=O)Nc1cccc(C)c1C)C(C)C. The first-order valence-electron chi connectivity index (χ1n) is 6.47. The van der Waals surface area contributed by atoms with E-state index in [1.54, 1.807) is 0 Å². The number of carbonyl (C=O) groups is 2. The van der Waals surface area contributed by atoms with Crippen molar-refractivity contribution in [1.29, 1.82) is 0 Å². The Morgan fingerprint density at radius 2 is 1.79 bits per heavy atom. The van der Waals surface area contributed by atoms with Crippen LogP contribution in [0.1, 0.15) is 31.9 Å². The third-order valence-corrected chi connectivity index (χ3v) is 3.17. The number of amides is 2. The van der Waals surface area contributed by atoms with Crippen LogP contribution in [0.5, 0.6) is 0 Å². The molecule has 1 atom stereocenters. The van der Waals surface area contributed by atoms with Gasteiger partial charge < -0.3 is 10.6 Å². The van der Waals surface area contributed by atoms with E-state index < -0.39 is 6.04 Å². The van der Waals surface area contributed by atoms with Crippen LogP contribution in [0.25, 0.3) is 0 Å². The lowest BCUT2D eigenvalue weighted by Gasteiger charge is -2.21. The Bertz CT molecular complexity index is 481. The summed E-state index contributed by atoms with van der Waals surface area (Å²) in [6.07, 6.45) is 0. The molecule has 0 aromatic heterocycles. The van der Waals surface area contributed by atoms with Gasteiger partial charge in [0.1, 0.15) is 6.04 Å². The molecule has 0 aliphatic heterocycles. The smallest absolute Gasteiger partial charge is 0.247 e. The summed E-state index contributed by atoms with van der Waals surface area (Å²) in [5, 5.41) is 5.57. The van der Waals surface area contributed by atoms with E-state index >= 15 is 0 Å². The first kappa shape index (κ1) is 15.2. The molecule has 1 unspecified atom stereocenters. The largest absolute Gasteiger partial charge is 0.344 e. The number of aryl methyl sites for hydroxylation is 1. The lowest BCUT2D eigenvalue weighted by molar-refractivity contribution is -0.126. The molecular formula is C15H22N2O2. The topological polar surface area (TPSA) is 58.2 Å². The Kier molecular flexibility index (Phi) is 5.10. The van der Waals surface area contributed by atoms with Crippen LogP contribution in [-0.2, 0) is 9.59 Å². The minimum Gasteiger partial charge on any atom is -0.344 e. The molecule has 0 fully saturated rings. The van der Waals surface area contributed by atoms with Crippen LogP contribution in [0.15, 0.2) is 18.2 Å². The lowest BCUT2D eigenvalue weighted by atomic mass is 10.0. The third-order valence-electron chi connectivity index (χ3n) is 3.17. The summed E-state index contributed by atoms with van der Waals surface area (Å²) >= 11 is 0. The number of anilines is 1. The standard InChI is InChI=1S/C15H22N2O2/c1-9(2)14(16-12(5)18)15(19)17-13-8-6-7-10(3)11(13)4/h6-9,14H,1-5H3,(H,16,18)(H,17,19). The van der Waals surface area contributed by atoms with Crippen LogP contribution < -0.4 is 10.6 Å². The Morgan fingerprint density at radius 3 is 2.32 bits per heavy atom. The zero-order valence-electron chi connectivity index (χ0n) is 12.2. The second-order valence-corrected chi connectivity index (χ2v) is 5.16. The Balaban J connectivity index is 2.87. The average Bonchev–Trinajstić information content (AvgIpc) is 2.31. The van der Waals surface area contributed by atoms with E-state index in [0.29, 0.717) is 0 Å². The van der Waals surface area contributed by atoms with Gasteiger partial charge >= 0.3 is 0 Å². The fraction of sp³-hybridized carbons (Fsp3) is 0.467. The molecule has 0 aliphatic rings. The predicted molar refractivity (Wildman–Crippen MR) is 77.0 cm³/mol. The van der Waals surface area contributed by atoms with E-state index in [1.165, 1.54) is 6.92 Å². The number of nitrogens with one attached hydrogen (secondary N) is 2. The van der Waals surface area contributed by atoms with Crippen molar-refractivity contribution in [2.45, 2.75) is 40.7 Å². The summed E-state index contributed by atoms with van der Waals surface area (Å²) in [6.45, 7) is 9.19. The first-order valence-corrected chi connectivity index (χ1v) is 6.47. The van der Waals surface area contributed by atoms with Gasteiger partial charge in [-0.15, -0.1) is 0 Å². The molecule has 4 nitrogen and oxygen atoms in total. The van der Waals surface area contributed by atoms with Gasteiger partial charge in [-0.1, -0.05) is 26.0 Å².